The van der Waals surface area contributed by atoms with E-state index in [0.29, 0.717) is 11.4 Å². The van der Waals surface area contributed by atoms with Crippen LogP contribution in [-0.4, -0.2) is 37.0 Å². The molecule has 8 heteroatoms. The number of phenols is 2. The number of aliphatic hydroxyl groups is 3. The molecule has 0 fully saturated rings. The van der Waals surface area contributed by atoms with Gasteiger partial charge in [0.1, 0.15) is 28.8 Å². The molecule has 0 amide bonds. The van der Waals surface area contributed by atoms with Crippen molar-refractivity contribution < 1.29 is 30.3 Å². The summed E-state index contributed by atoms with van der Waals surface area (Å²) >= 11 is 0. The Balaban J connectivity index is 1.01. The molecule has 64 heavy (non-hydrogen) atoms. The molecule has 0 bridgehead atoms. The van der Waals surface area contributed by atoms with Gasteiger partial charge in [-0.3, -0.25) is 4.79 Å². The van der Waals surface area contributed by atoms with Crippen LogP contribution < -0.4 is 9.48 Å². The zero-order valence-corrected chi connectivity index (χ0v) is 34.0. The molecule has 5 N–H and O–H groups in total. The van der Waals surface area contributed by atoms with E-state index in [4.69, 9.17) is 0 Å². The standard InChI is InChI=1S/C56H36N2O6/c59-47-29-45(57(41-21-17-33-9-1-5-13-37(33)25-41)42-22-18-34-10-2-6-14-38(34)26-42)30-48(60)51(47)53-55(63)54(56(53)64)52-49(61)31-46(32-50(52)62)58(43-23-19-35-11-3-7-15-39(35)27-43)44-24-20-36-12-4-8-16-40(36)28-44/h1-32H,(H4,59,60,61,62,63,64)/p+1. The summed E-state index contributed by atoms with van der Waals surface area (Å²) in [5, 5.41) is 66.3. The van der Waals surface area contributed by atoms with Gasteiger partial charge in [-0.05, 0) is 79.5 Å². The van der Waals surface area contributed by atoms with Crippen molar-refractivity contribution >= 4 is 88.6 Å². The van der Waals surface area contributed by atoms with Crippen molar-refractivity contribution in [3.05, 3.63) is 228 Å². The lowest BCUT2D eigenvalue weighted by molar-refractivity contribution is -0.111. The minimum absolute atomic E-state index is 0.277. The van der Waals surface area contributed by atoms with Crippen molar-refractivity contribution in [2.45, 2.75) is 0 Å². The van der Waals surface area contributed by atoms with Crippen molar-refractivity contribution in [3.8, 4) is 11.5 Å². The third-order valence-corrected chi connectivity index (χ3v) is 12.1. The van der Waals surface area contributed by atoms with Gasteiger partial charge < -0.3 is 30.4 Å². The maximum absolute atomic E-state index is 14.1. The van der Waals surface area contributed by atoms with E-state index in [-0.39, 0.29) is 22.3 Å². The summed E-state index contributed by atoms with van der Waals surface area (Å²) in [7, 11) is 0. The predicted molar refractivity (Wildman–Crippen MR) is 257 cm³/mol. The zero-order valence-electron chi connectivity index (χ0n) is 34.0. The Morgan fingerprint density at radius 2 is 0.766 bits per heavy atom. The van der Waals surface area contributed by atoms with E-state index in [1.165, 1.54) is 24.3 Å². The van der Waals surface area contributed by atoms with Crippen molar-refractivity contribution in [2.24, 2.45) is 0 Å². The summed E-state index contributed by atoms with van der Waals surface area (Å²) in [5.74, 6) is -3.21. The fourth-order valence-electron chi connectivity index (χ4n) is 8.99. The first-order valence-electron chi connectivity index (χ1n) is 20.7. The molecular formula is C56H37N2O6+. The lowest BCUT2D eigenvalue weighted by Crippen LogP contribution is -2.26. The molecule has 0 heterocycles. The molecule has 0 aromatic heterocycles. The van der Waals surface area contributed by atoms with Gasteiger partial charge in [0.15, 0.2) is 0 Å². The van der Waals surface area contributed by atoms with Gasteiger partial charge in [-0.1, -0.05) is 109 Å². The number of carbonyl (C=O) groups excluding carboxylic acids is 1. The normalized spacial score (nSPS) is 14.0. The van der Waals surface area contributed by atoms with Gasteiger partial charge in [-0.15, -0.1) is 0 Å². The molecule has 306 valence electrons. The number of phenolic OH excluding ortho intramolecular Hbond substituents is 2. The van der Waals surface area contributed by atoms with Gasteiger partial charge in [-0.25, -0.2) is 0 Å². The van der Waals surface area contributed by atoms with Crippen LogP contribution in [0, 0.1) is 0 Å². The number of carbonyl (C=O) groups is 1. The topological polar surface area (TPSA) is 124 Å². The van der Waals surface area contributed by atoms with E-state index in [1.807, 2.05) is 179 Å². The lowest BCUT2D eigenvalue weighted by atomic mass is 9.78. The summed E-state index contributed by atoms with van der Waals surface area (Å²) < 4.78 is 1.90. The smallest absolute Gasteiger partial charge is 0.219 e. The number of aliphatic hydroxyl groups excluding tert-OH is 3. The van der Waals surface area contributed by atoms with Crippen molar-refractivity contribution in [2.75, 3.05) is 4.90 Å². The van der Waals surface area contributed by atoms with E-state index in [1.54, 1.807) is 0 Å². The molecule has 0 radical (unpaired) electrons. The second kappa shape index (κ2) is 14.9. The molecule has 0 saturated heterocycles. The Morgan fingerprint density at radius 1 is 0.375 bits per heavy atom. The first kappa shape index (κ1) is 38.1. The number of anilines is 3. The van der Waals surface area contributed by atoms with Crippen LogP contribution in [0.1, 0.15) is 5.56 Å². The van der Waals surface area contributed by atoms with E-state index in [2.05, 4.69) is 0 Å². The average Bonchev–Trinajstić information content (AvgIpc) is 3.31. The minimum atomic E-state index is -0.781. The molecule has 0 saturated carbocycles. The molecule has 2 aliphatic carbocycles. The first-order chi connectivity index (χ1) is 31.2. The Kier molecular flexibility index (Phi) is 8.88. The molecule has 9 aromatic carbocycles. The van der Waals surface area contributed by atoms with E-state index < -0.39 is 34.6 Å². The number of hydrogen-bond donors (Lipinski definition) is 5. The van der Waals surface area contributed by atoms with Gasteiger partial charge >= 0.3 is 0 Å². The Morgan fingerprint density at radius 3 is 1.19 bits per heavy atom. The highest BCUT2D eigenvalue weighted by molar-refractivity contribution is 6.40. The Labute approximate surface area is 366 Å². The van der Waals surface area contributed by atoms with Crippen molar-refractivity contribution in [1.82, 2.24) is 4.58 Å². The van der Waals surface area contributed by atoms with E-state index >= 15 is 0 Å². The molecule has 0 aliphatic heterocycles. The highest BCUT2D eigenvalue weighted by Crippen LogP contribution is 2.50. The number of benzene rings is 9. The van der Waals surface area contributed by atoms with Gasteiger partial charge in [-0.2, -0.15) is 4.58 Å². The van der Waals surface area contributed by atoms with Gasteiger partial charge in [0.25, 0.3) is 0 Å². The molecular weight excluding hydrogens is 797 g/mol. The van der Waals surface area contributed by atoms with Crippen LogP contribution in [0.25, 0.3) is 48.7 Å². The summed E-state index contributed by atoms with van der Waals surface area (Å²) in [5.41, 5.74) is 2.57. The van der Waals surface area contributed by atoms with Crippen LogP contribution in [0.15, 0.2) is 223 Å². The number of hydrogen-bond acceptors (Lipinski definition) is 7. The summed E-state index contributed by atoms with van der Waals surface area (Å²) in [6.45, 7) is 0. The van der Waals surface area contributed by atoms with Gasteiger partial charge in [0, 0.05) is 47.8 Å². The predicted octanol–water partition coefficient (Wildman–Crippen LogP) is 13.2. The van der Waals surface area contributed by atoms with Crippen molar-refractivity contribution in [3.63, 3.8) is 0 Å². The van der Waals surface area contributed by atoms with Gasteiger partial charge in [0.05, 0.1) is 40.1 Å². The number of allylic oxidation sites excluding steroid dienone is 4. The minimum Gasteiger partial charge on any atom is -0.507 e. The van der Waals surface area contributed by atoms with Crippen LogP contribution >= 0.6 is 0 Å². The number of ketones is 1. The molecule has 0 atom stereocenters. The fraction of sp³-hybridized carbons (Fsp3) is 0. The first-order valence-corrected chi connectivity index (χ1v) is 20.7. The number of fused-ring (bicyclic) bond motifs is 4. The highest BCUT2D eigenvalue weighted by Gasteiger charge is 2.43. The van der Waals surface area contributed by atoms with Crippen LogP contribution in [0.2, 0.25) is 0 Å². The molecule has 9 aromatic rings. The number of Topliss-reactive ketones (excluding diaryl/α,β-unsaturated/α-hetero) is 1. The summed E-state index contributed by atoms with van der Waals surface area (Å²) in [6, 6.07) is 58.6. The van der Waals surface area contributed by atoms with E-state index in [0.717, 1.165) is 65.8 Å². The number of rotatable bonds is 6. The van der Waals surface area contributed by atoms with Crippen LogP contribution in [0.3, 0.4) is 0 Å². The Bertz CT molecular complexity index is 3440. The van der Waals surface area contributed by atoms with Gasteiger partial charge in [0.2, 0.25) is 22.9 Å². The van der Waals surface area contributed by atoms with Crippen LogP contribution in [0.5, 0.6) is 11.5 Å². The molecule has 2 aliphatic rings. The number of nitrogens with zero attached hydrogens (tertiary/aromatic N) is 2. The second-order valence-corrected chi connectivity index (χ2v) is 15.9. The quantitative estimate of drug-likeness (QED) is 0.0834. The Hall–Kier alpha value is -8.88. The lowest BCUT2D eigenvalue weighted by Gasteiger charge is -2.29. The molecule has 11 rings (SSSR count). The molecule has 8 nitrogen and oxygen atoms in total. The fourth-order valence-corrected chi connectivity index (χ4v) is 8.99. The maximum atomic E-state index is 14.1. The van der Waals surface area contributed by atoms with Crippen LogP contribution in [-0.2, 0) is 4.79 Å². The highest BCUT2D eigenvalue weighted by atomic mass is 16.3. The number of aromatic hydroxyl groups is 2. The zero-order chi connectivity index (χ0) is 43.6. The maximum Gasteiger partial charge on any atom is 0.219 e. The molecule has 0 spiro atoms. The summed E-state index contributed by atoms with van der Waals surface area (Å²) in [4.78, 5) is 16.0. The third kappa shape index (κ3) is 6.32. The third-order valence-electron chi connectivity index (χ3n) is 12.1. The van der Waals surface area contributed by atoms with Crippen LogP contribution in [0.4, 0.5) is 28.4 Å². The SMILES string of the molecule is O=C1C(=C2C(O)=CC(=[N+](c3ccc4ccccc4c3)c3ccc4ccccc4c3)C=C2O)C(O)=C1c1c(O)cc(N(c2ccc3ccccc3c2)c2ccc3ccccc3c2)cc1O. The average molecular weight is 834 g/mol. The van der Waals surface area contributed by atoms with Crippen molar-refractivity contribution in [1.29, 1.82) is 0 Å². The molecule has 0 unspecified atom stereocenters. The summed E-state index contributed by atoms with van der Waals surface area (Å²) in [6.07, 6.45) is 2.87. The monoisotopic (exact) mass is 833 g/mol. The largest absolute Gasteiger partial charge is 0.507 e. The second-order valence-electron chi connectivity index (χ2n) is 15.9. The van der Waals surface area contributed by atoms with E-state index in [9.17, 15) is 30.3 Å².